The van der Waals surface area contributed by atoms with Crippen molar-refractivity contribution in [3.63, 3.8) is 0 Å². The zero-order chi connectivity index (χ0) is 23.4. The van der Waals surface area contributed by atoms with Crippen molar-refractivity contribution in [2.75, 3.05) is 13.2 Å². The lowest BCUT2D eigenvalue weighted by Gasteiger charge is -2.14. The second-order valence-corrected chi connectivity index (χ2v) is 8.03. The van der Waals surface area contributed by atoms with E-state index in [1.807, 2.05) is 50.2 Å². The lowest BCUT2D eigenvalue weighted by Crippen LogP contribution is -2.26. The highest BCUT2D eigenvalue weighted by atomic mass is 16.7. The van der Waals surface area contributed by atoms with Gasteiger partial charge in [0.1, 0.15) is 6.29 Å². The van der Waals surface area contributed by atoms with E-state index in [2.05, 4.69) is 6.07 Å². The molecule has 3 heterocycles. The van der Waals surface area contributed by atoms with E-state index in [-0.39, 0.29) is 24.0 Å². The van der Waals surface area contributed by atoms with Crippen LogP contribution in [0.4, 0.5) is 0 Å². The third kappa shape index (κ3) is 5.10. The van der Waals surface area contributed by atoms with Crippen LogP contribution in [0.25, 0.3) is 21.8 Å². The number of carbonyl (C=O) groups excluding carboxylic acids is 1. The first-order valence-corrected chi connectivity index (χ1v) is 10.8. The first kappa shape index (κ1) is 22.6. The summed E-state index contributed by atoms with van der Waals surface area (Å²) in [5.74, 6) is 0. The monoisotopic (exact) mass is 446 g/mol. The highest BCUT2D eigenvalue weighted by molar-refractivity contribution is 5.80. The van der Waals surface area contributed by atoms with Gasteiger partial charge in [-0.1, -0.05) is 23.3 Å². The van der Waals surface area contributed by atoms with Crippen LogP contribution in [0.1, 0.15) is 11.1 Å². The summed E-state index contributed by atoms with van der Waals surface area (Å²) in [4.78, 5) is 33.9. The van der Waals surface area contributed by atoms with E-state index >= 15 is 0 Å². The Labute approximate surface area is 190 Å². The molecule has 4 aromatic rings. The third-order valence-electron chi connectivity index (χ3n) is 5.57. The van der Waals surface area contributed by atoms with Gasteiger partial charge in [-0.2, -0.15) is 0 Å². The summed E-state index contributed by atoms with van der Waals surface area (Å²) in [6.45, 7) is 5.79. The van der Waals surface area contributed by atoms with E-state index < -0.39 is 0 Å². The number of aromatic nitrogens is 2. The number of pyridine rings is 2. The number of nitrogens with zero attached hydrogens (tertiary/aromatic N) is 2. The van der Waals surface area contributed by atoms with Crippen molar-refractivity contribution < 1.29 is 14.3 Å². The normalized spacial score (nSPS) is 13.8. The Hall–Kier alpha value is -3.55. The van der Waals surface area contributed by atoms with Gasteiger partial charge in [0.05, 0.1) is 37.3 Å². The topological polar surface area (TPSA) is 79.5 Å². The molecule has 1 fully saturated rings. The maximum atomic E-state index is 12.0. The molecule has 0 bridgehead atoms. The quantitative estimate of drug-likeness (QED) is 0.450. The molecule has 0 aliphatic carbocycles. The minimum Gasteiger partial charge on any atom is -0.348 e. The maximum absolute atomic E-state index is 12.0. The van der Waals surface area contributed by atoms with Crippen LogP contribution < -0.4 is 11.1 Å². The molecule has 170 valence electrons. The number of fused-ring (bicyclic) bond motifs is 2. The van der Waals surface area contributed by atoms with Crippen LogP contribution in [0.5, 0.6) is 0 Å². The van der Waals surface area contributed by atoms with E-state index in [1.54, 1.807) is 16.7 Å². The number of aryl methyl sites for hydroxylation is 2. The molecule has 1 aliphatic heterocycles. The van der Waals surface area contributed by atoms with Crippen LogP contribution in [0, 0.1) is 13.8 Å². The van der Waals surface area contributed by atoms with Crippen molar-refractivity contribution in [1.82, 2.24) is 9.13 Å². The average molecular weight is 447 g/mol. The largest absolute Gasteiger partial charge is 0.348 e. The Morgan fingerprint density at radius 1 is 0.788 bits per heavy atom. The van der Waals surface area contributed by atoms with Gasteiger partial charge in [-0.05, 0) is 61.0 Å². The minimum atomic E-state index is -0.311. The van der Waals surface area contributed by atoms with Gasteiger partial charge in [-0.3, -0.25) is 9.59 Å². The van der Waals surface area contributed by atoms with E-state index in [0.717, 1.165) is 33.7 Å². The molecule has 7 heteroatoms. The molecule has 0 atom stereocenters. The zero-order valence-electron chi connectivity index (χ0n) is 18.7. The molecule has 7 nitrogen and oxygen atoms in total. The highest BCUT2D eigenvalue weighted by Gasteiger charge is 2.17. The Bertz CT molecular complexity index is 1410. The Balaban J connectivity index is 0.000000160. The Kier molecular flexibility index (Phi) is 6.82. The maximum Gasteiger partial charge on any atom is 0.251 e. The molecule has 2 aromatic heterocycles. The van der Waals surface area contributed by atoms with Crippen molar-refractivity contribution >= 4 is 28.1 Å². The molecule has 0 amide bonds. The molecule has 0 saturated carbocycles. The van der Waals surface area contributed by atoms with Gasteiger partial charge in [0.15, 0.2) is 6.29 Å². The van der Waals surface area contributed by atoms with Gasteiger partial charge in [-0.25, -0.2) is 0 Å². The SMILES string of the molecule is Cc1ccc2c(ccc(=O)n2CC2OCCO2)c1.Cc1ccc2c(ccc(=O)n2CC=O)c1. The summed E-state index contributed by atoms with van der Waals surface area (Å²) >= 11 is 0. The number of hydrogen-bond donors (Lipinski definition) is 0. The van der Waals surface area contributed by atoms with Crippen molar-refractivity contribution in [2.24, 2.45) is 0 Å². The Morgan fingerprint density at radius 3 is 1.85 bits per heavy atom. The van der Waals surface area contributed by atoms with Crippen molar-refractivity contribution in [2.45, 2.75) is 33.2 Å². The first-order valence-electron chi connectivity index (χ1n) is 10.8. The predicted molar refractivity (Wildman–Crippen MR) is 128 cm³/mol. The molecular formula is C26H26N2O5. The molecule has 0 N–H and O–H groups in total. The molecule has 2 aromatic carbocycles. The lowest BCUT2D eigenvalue weighted by atomic mass is 10.1. The van der Waals surface area contributed by atoms with Gasteiger partial charge >= 0.3 is 0 Å². The molecule has 0 unspecified atom stereocenters. The standard InChI is InChI=1S/C14H15NO3.C12H11NO2/c1-10-2-4-12-11(8-10)3-5-13(16)15(12)9-14-17-6-7-18-14;1-9-2-4-11-10(8-9)3-5-12(15)13(11)6-7-14/h2-5,8,14H,6-7,9H2,1H3;2-5,7-8H,6H2,1H3. The van der Waals surface area contributed by atoms with Crippen LogP contribution in [-0.2, 0) is 27.4 Å². The number of carbonyl (C=O) groups is 1. The molecule has 1 saturated heterocycles. The van der Waals surface area contributed by atoms with E-state index in [1.165, 1.54) is 16.2 Å². The molecule has 33 heavy (non-hydrogen) atoms. The van der Waals surface area contributed by atoms with Crippen LogP contribution in [0.3, 0.4) is 0 Å². The zero-order valence-corrected chi connectivity index (χ0v) is 18.7. The third-order valence-corrected chi connectivity index (χ3v) is 5.57. The van der Waals surface area contributed by atoms with Crippen molar-refractivity contribution in [1.29, 1.82) is 0 Å². The fourth-order valence-electron chi connectivity index (χ4n) is 3.96. The second kappa shape index (κ2) is 9.94. The van der Waals surface area contributed by atoms with E-state index in [0.29, 0.717) is 19.8 Å². The minimum absolute atomic E-state index is 0.0227. The summed E-state index contributed by atoms with van der Waals surface area (Å²) in [5, 5.41) is 2.05. The summed E-state index contributed by atoms with van der Waals surface area (Å²) in [7, 11) is 0. The number of ether oxygens (including phenoxy) is 2. The van der Waals surface area contributed by atoms with Crippen LogP contribution in [0.15, 0.2) is 70.3 Å². The number of benzene rings is 2. The highest BCUT2D eigenvalue weighted by Crippen LogP contribution is 2.16. The van der Waals surface area contributed by atoms with Crippen LogP contribution in [0.2, 0.25) is 0 Å². The number of rotatable bonds is 4. The van der Waals surface area contributed by atoms with Gasteiger partial charge in [0.25, 0.3) is 11.1 Å². The molecule has 0 spiro atoms. The van der Waals surface area contributed by atoms with E-state index in [9.17, 15) is 14.4 Å². The van der Waals surface area contributed by atoms with Crippen LogP contribution >= 0.6 is 0 Å². The summed E-state index contributed by atoms with van der Waals surface area (Å²) in [5.41, 5.74) is 3.89. The average Bonchev–Trinajstić information content (AvgIpc) is 3.31. The van der Waals surface area contributed by atoms with Crippen LogP contribution in [-0.4, -0.2) is 34.9 Å². The fraction of sp³-hybridized carbons (Fsp3) is 0.269. The molecule has 0 radical (unpaired) electrons. The van der Waals surface area contributed by atoms with Gasteiger partial charge < -0.3 is 23.4 Å². The fourth-order valence-corrected chi connectivity index (χ4v) is 3.96. The lowest BCUT2D eigenvalue weighted by molar-refractivity contribution is -0.108. The first-order chi connectivity index (χ1) is 16.0. The predicted octanol–water partition coefficient (Wildman–Crippen LogP) is 3.19. The van der Waals surface area contributed by atoms with Crippen molar-refractivity contribution in [3.05, 3.63) is 92.5 Å². The van der Waals surface area contributed by atoms with E-state index in [4.69, 9.17) is 9.47 Å². The number of aldehydes is 1. The van der Waals surface area contributed by atoms with Crippen molar-refractivity contribution in [3.8, 4) is 0 Å². The molecule has 1 aliphatic rings. The summed E-state index contributed by atoms with van der Waals surface area (Å²) in [6.07, 6.45) is 0.426. The van der Waals surface area contributed by atoms with Gasteiger partial charge in [0, 0.05) is 12.1 Å². The number of hydrogen-bond acceptors (Lipinski definition) is 5. The Morgan fingerprint density at radius 2 is 1.30 bits per heavy atom. The smallest absolute Gasteiger partial charge is 0.251 e. The summed E-state index contributed by atoms with van der Waals surface area (Å²) < 4.78 is 14.0. The van der Waals surface area contributed by atoms with Gasteiger partial charge in [0.2, 0.25) is 0 Å². The second-order valence-electron chi connectivity index (χ2n) is 8.03. The molecule has 5 rings (SSSR count). The molecular weight excluding hydrogens is 420 g/mol. The van der Waals surface area contributed by atoms with Gasteiger partial charge in [-0.15, -0.1) is 0 Å². The summed E-state index contributed by atoms with van der Waals surface area (Å²) in [6, 6.07) is 18.6.